The smallest absolute Gasteiger partial charge is 0.376 e. The molecule has 0 aliphatic heterocycles. The lowest BCUT2D eigenvalue weighted by molar-refractivity contribution is 0.0988. The molecular weight excluding hydrogens is 210 g/mol. The Kier molecular flexibility index (Phi) is 5.21. The van der Waals surface area contributed by atoms with Gasteiger partial charge >= 0.3 is 8.80 Å². The van der Waals surface area contributed by atoms with E-state index < -0.39 is 8.80 Å². The molecular formula is C10H23NO3Si. The zero-order valence-corrected chi connectivity index (χ0v) is 11.0. The van der Waals surface area contributed by atoms with Crippen LogP contribution in [0.3, 0.4) is 0 Å². The van der Waals surface area contributed by atoms with Crippen LogP contribution in [0.1, 0.15) is 32.1 Å². The molecule has 1 fully saturated rings. The lowest BCUT2D eigenvalue weighted by Gasteiger charge is -2.36. The van der Waals surface area contributed by atoms with Crippen molar-refractivity contribution in [1.29, 1.82) is 0 Å². The quantitative estimate of drug-likeness (QED) is 0.728. The average Bonchev–Trinajstić information content (AvgIpc) is 2.33. The molecule has 1 rings (SSSR count). The number of nitrogens with two attached hydrogens (primary N) is 1. The van der Waals surface area contributed by atoms with Crippen LogP contribution in [0.5, 0.6) is 0 Å². The highest BCUT2D eigenvalue weighted by atomic mass is 28.4. The van der Waals surface area contributed by atoms with E-state index in [2.05, 4.69) is 0 Å². The van der Waals surface area contributed by atoms with Gasteiger partial charge in [-0.15, -0.1) is 0 Å². The lowest BCUT2D eigenvalue weighted by Crippen LogP contribution is -2.61. The molecule has 0 amide bonds. The van der Waals surface area contributed by atoms with Crippen molar-refractivity contribution in [2.75, 3.05) is 21.3 Å². The van der Waals surface area contributed by atoms with Crippen LogP contribution >= 0.6 is 0 Å². The Labute approximate surface area is 93.4 Å². The topological polar surface area (TPSA) is 53.7 Å². The van der Waals surface area contributed by atoms with Crippen molar-refractivity contribution in [1.82, 2.24) is 0 Å². The van der Waals surface area contributed by atoms with Crippen molar-refractivity contribution in [2.45, 2.75) is 37.8 Å². The van der Waals surface area contributed by atoms with E-state index >= 15 is 0 Å². The molecule has 1 atom stereocenters. The van der Waals surface area contributed by atoms with Gasteiger partial charge in [-0.1, -0.05) is 19.3 Å². The van der Waals surface area contributed by atoms with Crippen LogP contribution in [0.2, 0.25) is 0 Å². The van der Waals surface area contributed by atoms with Crippen molar-refractivity contribution >= 4 is 8.80 Å². The molecule has 1 aliphatic rings. The van der Waals surface area contributed by atoms with Gasteiger partial charge in [0.1, 0.15) is 0 Å². The van der Waals surface area contributed by atoms with Crippen molar-refractivity contribution < 1.29 is 13.3 Å². The molecule has 4 nitrogen and oxygen atoms in total. The molecule has 0 aromatic rings. The van der Waals surface area contributed by atoms with Gasteiger partial charge in [-0.3, -0.25) is 0 Å². The van der Waals surface area contributed by atoms with Crippen LogP contribution in [0, 0.1) is 5.92 Å². The molecule has 2 N–H and O–H groups in total. The summed E-state index contributed by atoms with van der Waals surface area (Å²) in [4.78, 5) is 0. The van der Waals surface area contributed by atoms with E-state index in [1.807, 2.05) is 0 Å². The van der Waals surface area contributed by atoms with E-state index in [1.165, 1.54) is 32.1 Å². The molecule has 1 unspecified atom stereocenters. The van der Waals surface area contributed by atoms with Gasteiger partial charge in [-0.25, -0.2) is 0 Å². The van der Waals surface area contributed by atoms with Crippen LogP contribution in [0.15, 0.2) is 0 Å². The second kappa shape index (κ2) is 5.96. The van der Waals surface area contributed by atoms with E-state index in [0.717, 1.165) is 0 Å². The van der Waals surface area contributed by atoms with E-state index in [9.17, 15) is 0 Å². The zero-order valence-electron chi connectivity index (χ0n) is 9.99. The van der Waals surface area contributed by atoms with Crippen LogP contribution in [-0.4, -0.2) is 35.8 Å². The number of hydrogen-bond donors (Lipinski definition) is 1. The Balaban J connectivity index is 2.65. The molecule has 0 heterocycles. The first-order valence-electron chi connectivity index (χ1n) is 5.61. The molecule has 5 heteroatoms. The highest BCUT2D eigenvalue weighted by Crippen LogP contribution is 2.30. The fourth-order valence-electron chi connectivity index (χ4n) is 2.44. The third kappa shape index (κ3) is 2.79. The standard InChI is InChI=1S/C10H23NO3Si/c1-12-15(13-2,14-3)10(11)9-7-5-4-6-8-9/h9-10H,4-8,11H2,1-3H3. The Morgan fingerprint density at radius 2 is 1.47 bits per heavy atom. The second-order valence-electron chi connectivity index (χ2n) is 4.14. The van der Waals surface area contributed by atoms with Gasteiger partial charge in [0.05, 0.1) is 5.67 Å². The summed E-state index contributed by atoms with van der Waals surface area (Å²) in [6.07, 6.45) is 6.20. The summed E-state index contributed by atoms with van der Waals surface area (Å²) in [6.45, 7) is 0. The normalized spacial score (nSPS) is 21.6. The van der Waals surface area contributed by atoms with Crippen LogP contribution in [0.4, 0.5) is 0 Å². The Morgan fingerprint density at radius 3 is 1.87 bits per heavy atom. The Morgan fingerprint density at radius 1 is 1.00 bits per heavy atom. The summed E-state index contributed by atoms with van der Waals surface area (Å²) in [6, 6.07) is 0. The SMILES string of the molecule is CO[Si](OC)(OC)C(N)C1CCCCC1. The molecule has 0 bridgehead atoms. The molecule has 0 saturated heterocycles. The minimum absolute atomic E-state index is 0.0854. The molecule has 0 spiro atoms. The summed E-state index contributed by atoms with van der Waals surface area (Å²) in [7, 11) is 2.25. The number of hydrogen-bond acceptors (Lipinski definition) is 4. The predicted octanol–water partition coefficient (Wildman–Crippen LogP) is 1.31. The largest absolute Gasteiger partial charge is 0.518 e. The predicted molar refractivity (Wildman–Crippen MR) is 61.3 cm³/mol. The minimum Gasteiger partial charge on any atom is -0.376 e. The molecule has 15 heavy (non-hydrogen) atoms. The molecule has 0 aromatic heterocycles. The fraction of sp³-hybridized carbons (Fsp3) is 1.00. The van der Waals surface area contributed by atoms with E-state index in [4.69, 9.17) is 19.0 Å². The monoisotopic (exact) mass is 233 g/mol. The van der Waals surface area contributed by atoms with Crippen molar-refractivity contribution in [3.63, 3.8) is 0 Å². The summed E-state index contributed by atoms with van der Waals surface area (Å²) in [5.74, 6) is 0.491. The van der Waals surface area contributed by atoms with E-state index in [-0.39, 0.29) is 5.67 Å². The van der Waals surface area contributed by atoms with Crippen LogP contribution < -0.4 is 5.73 Å². The van der Waals surface area contributed by atoms with E-state index in [1.54, 1.807) is 21.3 Å². The van der Waals surface area contributed by atoms with Crippen molar-refractivity contribution in [2.24, 2.45) is 11.7 Å². The maximum Gasteiger partial charge on any atom is 0.518 e. The van der Waals surface area contributed by atoms with E-state index in [0.29, 0.717) is 5.92 Å². The first kappa shape index (κ1) is 13.1. The first-order chi connectivity index (χ1) is 7.20. The lowest BCUT2D eigenvalue weighted by atomic mass is 9.89. The maximum atomic E-state index is 6.25. The third-order valence-corrected chi connectivity index (χ3v) is 6.41. The summed E-state index contributed by atoms with van der Waals surface area (Å²) < 4.78 is 16.3. The van der Waals surface area contributed by atoms with Crippen LogP contribution in [0.25, 0.3) is 0 Å². The third-order valence-electron chi connectivity index (χ3n) is 3.42. The Hall–Kier alpha value is 0.0569. The molecule has 1 saturated carbocycles. The van der Waals surface area contributed by atoms with Gasteiger partial charge in [-0.2, -0.15) is 0 Å². The zero-order chi connectivity index (χ0) is 11.3. The van der Waals surface area contributed by atoms with Gasteiger partial charge < -0.3 is 19.0 Å². The van der Waals surface area contributed by atoms with Gasteiger partial charge in [0.2, 0.25) is 0 Å². The minimum atomic E-state index is -2.63. The Bertz CT molecular complexity index is 173. The molecule has 0 radical (unpaired) electrons. The summed E-state index contributed by atoms with van der Waals surface area (Å²) in [5.41, 5.74) is 6.16. The second-order valence-corrected chi connectivity index (χ2v) is 7.24. The fourth-order valence-corrected chi connectivity index (χ4v) is 4.67. The van der Waals surface area contributed by atoms with Crippen molar-refractivity contribution in [3.05, 3.63) is 0 Å². The molecule has 90 valence electrons. The molecule has 0 aromatic carbocycles. The highest BCUT2D eigenvalue weighted by molar-refractivity contribution is 6.62. The van der Waals surface area contributed by atoms with Gasteiger partial charge in [0, 0.05) is 21.3 Å². The number of rotatable bonds is 5. The van der Waals surface area contributed by atoms with Gasteiger partial charge in [0.25, 0.3) is 0 Å². The summed E-state index contributed by atoms with van der Waals surface area (Å²) >= 11 is 0. The highest BCUT2D eigenvalue weighted by Gasteiger charge is 2.48. The van der Waals surface area contributed by atoms with Crippen molar-refractivity contribution in [3.8, 4) is 0 Å². The van der Waals surface area contributed by atoms with Crippen LogP contribution in [-0.2, 0) is 13.3 Å². The molecule has 1 aliphatic carbocycles. The maximum absolute atomic E-state index is 6.25. The van der Waals surface area contributed by atoms with Gasteiger partial charge in [0.15, 0.2) is 0 Å². The first-order valence-corrected chi connectivity index (χ1v) is 7.41. The summed E-state index contributed by atoms with van der Waals surface area (Å²) in [5, 5.41) is 0. The van der Waals surface area contributed by atoms with Gasteiger partial charge in [-0.05, 0) is 18.8 Å². The average molecular weight is 233 g/mol.